The van der Waals surface area contributed by atoms with Gasteiger partial charge >= 0.3 is 0 Å². The van der Waals surface area contributed by atoms with Crippen molar-refractivity contribution < 1.29 is 14.4 Å². The van der Waals surface area contributed by atoms with Crippen LogP contribution in [0.25, 0.3) is 0 Å². The first-order valence-corrected chi connectivity index (χ1v) is 5.21. The van der Waals surface area contributed by atoms with Gasteiger partial charge in [0.25, 0.3) is 5.69 Å². The van der Waals surface area contributed by atoms with E-state index in [0.29, 0.717) is 18.3 Å². The molecule has 16 heavy (non-hydrogen) atoms. The molecule has 0 spiro atoms. The fraction of sp³-hybridized carbons (Fsp3) is 0.455. The Bertz CT molecular complexity index is 357. The Morgan fingerprint density at radius 1 is 1.44 bits per heavy atom. The highest BCUT2D eigenvalue weighted by molar-refractivity contribution is 5.35. The Hall–Kier alpha value is -1.62. The number of rotatable bonds is 4. The largest absolute Gasteiger partial charge is 0.493 e. The quantitative estimate of drug-likeness (QED) is 0.578. The standard InChI is InChI=1S/C11H13NO4/c13-12(14)10-1-3-11(4-2-10)16-8-9-5-6-15-7-9/h1-4,9H,5-8H2. The van der Waals surface area contributed by atoms with Gasteiger partial charge in [-0.2, -0.15) is 0 Å². The van der Waals surface area contributed by atoms with Crippen molar-refractivity contribution in [3.8, 4) is 5.75 Å². The number of nitro groups is 1. The van der Waals surface area contributed by atoms with Crippen LogP contribution in [-0.4, -0.2) is 24.7 Å². The second-order valence-corrected chi connectivity index (χ2v) is 3.79. The van der Waals surface area contributed by atoms with Gasteiger partial charge < -0.3 is 9.47 Å². The van der Waals surface area contributed by atoms with Crippen LogP contribution in [-0.2, 0) is 4.74 Å². The summed E-state index contributed by atoms with van der Waals surface area (Å²) in [5.41, 5.74) is 0.0801. The zero-order valence-electron chi connectivity index (χ0n) is 8.80. The summed E-state index contributed by atoms with van der Waals surface area (Å²) in [6.45, 7) is 2.15. The maximum Gasteiger partial charge on any atom is 0.269 e. The molecule has 0 aliphatic carbocycles. The molecule has 1 saturated heterocycles. The highest BCUT2D eigenvalue weighted by Crippen LogP contribution is 2.19. The zero-order valence-corrected chi connectivity index (χ0v) is 8.80. The van der Waals surface area contributed by atoms with Gasteiger partial charge in [-0.1, -0.05) is 0 Å². The summed E-state index contributed by atoms with van der Waals surface area (Å²) in [4.78, 5) is 10.0. The lowest BCUT2D eigenvalue weighted by molar-refractivity contribution is -0.384. The first-order valence-electron chi connectivity index (χ1n) is 5.21. The second-order valence-electron chi connectivity index (χ2n) is 3.79. The first kappa shape index (κ1) is 10.9. The van der Waals surface area contributed by atoms with Gasteiger partial charge in [-0.25, -0.2) is 0 Å². The molecule has 5 heteroatoms. The van der Waals surface area contributed by atoms with Crippen molar-refractivity contribution in [1.29, 1.82) is 0 Å². The van der Waals surface area contributed by atoms with Gasteiger partial charge in [-0.05, 0) is 18.6 Å². The molecule has 1 aromatic rings. The number of non-ortho nitro benzene ring substituents is 1. The molecule has 86 valence electrons. The Labute approximate surface area is 93.1 Å². The third-order valence-electron chi connectivity index (χ3n) is 2.56. The molecule has 1 unspecified atom stereocenters. The highest BCUT2D eigenvalue weighted by Gasteiger charge is 2.16. The highest BCUT2D eigenvalue weighted by atomic mass is 16.6. The number of benzene rings is 1. The van der Waals surface area contributed by atoms with E-state index in [2.05, 4.69) is 0 Å². The molecular weight excluding hydrogens is 210 g/mol. The predicted molar refractivity (Wildman–Crippen MR) is 57.5 cm³/mol. The summed E-state index contributed by atoms with van der Waals surface area (Å²) in [7, 11) is 0. The first-order chi connectivity index (χ1) is 7.75. The lowest BCUT2D eigenvalue weighted by atomic mass is 10.1. The van der Waals surface area contributed by atoms with E-state index in [1.807, 2.05) is 0 Å². The molecule has 1 aliphatic rings. The van der Waals surface area contributed by atoms with Crippen molar-refractivity contribution in [1.82, 2.24) is 0 Å². The zero-order chi connectivity index (χ0) is 11.4. The Kier molecular flexibility index (Phi) is 3.36. The lowest BCUT2D eigenvalue weighted by Gasteiger charge is -2.09. The topological polar surface area (TPSA) is 61.6 Å². The van der Waals surface area contributed by atoms with E-state index in [1.54, 1.807) is 12.1 Å². The second kappa shape index (κ2) is 4.94. The molecule has 0 aromatic heterocycles. The predicted octanol–water partition coefficient (Wildman–Crippen LogP) is 2.01. The summed E-state index contributed by atoms with van der Waals surface area (Å²) >= 11 is 0. The van der Waals surface area contributed by atoms with Gasteiger partial charge in [0, 0.05) is 24.7 Å². The van der Waals surface area contributed by atoms with Crippen LogP contribution in [0.5, 0.6) is 5.75 Å². The van der Waals surface area contributed by atoms with Crippen molar-refractivity contribution in [2.24, 2.45) is 5.92 Å². The molecule has 0 radical (unpaired) electrons. The molecule has 5 nitrogen and oxygen atoms in total. The molecule has 1 aliphatic heterocycles. The third-order valence-corrected chi connectivity index (χ3v) is 2.56. The number of ether oxygens (including phenoxy) is 2. The van der Waals surface area contributed by atoms with Crippen molar-refractivity contribution in [2.75, 3.05) is 19.8 Å². The monoisotopic (exact) mass is 223 g/mol. The van der Waals surface area contributed by atoms with Gasteiger partial charge in [-0.15, -0.1) is 0 Å². The average Bonchev–Trinajstić information content (AvgIpc) is 2.80. The number of nitro benzene ring substituents is 1. The summed E-state index contributed by atoms with van der Waals surface area (Å²) in [5, 5.41) is 10.4. The summed E-state index contributed by atoms with van der Waals surface area (Å²) in [6.07, 6.45) is 1.02. The van der Waals surface area contributed by atoms with Crippen LogP contribution < -0.4 is 4.74 Å². The molecule has 0 amide bonds. The van der Waals surface area contributed by atoms with Crippen LogP contribution in [0, 0.1) is 16.0 Å². The van der Waals surface area contributed by atoms with Crippen LogP contribution >= 0.6 is 0 Å². The summed E-state index contributed by atoms with van der Waals surface area (Å²) in [5.74, 6) is 1.10. The number of hydrogen-bond donors (Lipinski definition) is 0. The summed E-state index contributed by atoms with van der Waals surface area (Å²) in [6, 6.07) is 6.13. The Balaban J connectivity index is 1.87. The van der Waals surface area contributed by atoms with E-state index < -0.39 is 4.92 Å². The lowest BCUT2D eigenvalue weighted by Crippen LogP contribution is -2.11. The van der Waals surface area contributed by atoms with Crippen molar-refractivity contribution in [2.45, 2.75) is 6.42 Å². The maximum atomic E-state index is 10.4. The molecule has 1 aromatic carbocycles. The van der Waals surface area contributed by atoms with Gasteiger partial charge in [0.2, 0.25) is 0 Å². The van der Waals surface area contributed by atoms with Crippen molar-refractivity contribution in [3.05, 3.63) is 34.4 Å². The van der Waals surface area contributed by atoms with E-state index in [4.69, 9.17) is 9.47 Å². The van der Waals surface area contributed by atoms with Gasteiger partial charge in [0.15, 0.2) is 0 Å². The molecule has 0 saturated carbocycles. The van der Waals surface area contributed by atoms with Crippen LogP contribution in [0.1, 0.15) is 6.42 Å². The van der Waals surface area contributed by atoms with E-state index in [0.717, 1.165) is 19.6 Å². The molecule has 2 rings (SSSR count). The minimum absolute atomic E-state index is 0.0801. The van der Waals surface area contributed by atoms with Crippen molar-refractivity contribution >= 4 is 5.69 Å². The molecular formula is C11H13NO4. The van der Waals surface area contributed by atoms with E-state index >= 15 is 0 Å². The molecule has 1 fully saturated rings. The van der Waals surface area contributed by atoms with E-state index in [9.17, 15) is 10.1 Å². The fourth-order valence-electron chi connectivity index (χ4n) is 1.59. The minimum Gasteiger partial charge on any atom is -0.493 e. The minimum atomic E-state index is -0.422. The normalized spacial score (nSPS) is 19.6. The average molecular weight is 223 g/mol. The smallest absolute Gasteiger partial charge is 0.269 e. The van der Waals surface area contributed by atoms with E-state index in [1.165, 1.54) is 12.1 Å². The van der Waals surface area contributed by atoms with Gasteiger partial charge in [0.05, 0.1) is 18.1 Å². The molecule has 1 heterocycles. The van der Waals surface area contributed by atoms with Crippen LogP contribution in [0.15, 0.2) is 24.3 Å². The Morgan fingerprint density at radius 2 is 2.19 bits per heavy atom. The number of nitrogens with zero attached hydrogens (tertiary/aromatic N) is 1. The maximum absolute atomic E-state index is 10.4. The van der Waals surface area contributed by atoms with Gasteiger partial charge in [-0.3, -0.25) is 10.1 Å². The molecule has 0 bridgehead atoms. The summed E-state index contributed by atoms with van der Waals surface area (Å²) < 4.78 is 10.7. The van der Waals surface area contributed by atoms with Crippen LogP contribution in [0.2, 0.25) is 0 Å². The Morgan fingerprint density at radius 3 is 2.75 bits per heavy atom. The van der Waals surface area contributed by atoms with Crippen LogP contribution in [0.3, 0.4) is 0 Å². The van der Waals surface area contributed by atoms with E-state index in [-0.39, 0.29) is 5.69 Å². The third kappa shape index (κ3) is 2.70. The SMILES string of the molecule is O=[N+]([O-])c1ccc(OCC2CCOC2)cc1. The number of hydrogen-bond acceptors (Lipinski definition) is 4. The van der Waals surface area contributed by atoms with Crippen LogP contribution in [0.4, 0.5) is 5.69 Å². The van der Waals surface area contributed by atoms with Crippen molar-refractivity contribution in [3.63, 3.8) is 0 Å². The molecule has 1 atom stereocenters. The molecule has 0 N–H and O–H groups in total. The van der Waals surface area contributed by atoms with Gasteiger partial charge in [0.1, 0.15) is 5.75 Å². The fourth-order valence-corrected chi connectivity index (χ4v) is 1.59.